The summed E-state index contributed by atoms with van der Waals surface area (Å²) in [6.07, 6.45) is 18.5. The van der Waals surface area contributed by atoms with E-state index in [0.717, 1.165) is 25.7 Å². The van der Waals surface area contributed by atoms with E-state index >= 15 is 0 Å². The highest BCUT2D eigenvalue weighted by Crippen LogP contribution is 2.10. The van der Waals surface area contributed by atoms with Gasteiger partial charge in [-0.1, -0.05) is 44.3 Å². The molecule has 1 rings (SSSR count). The topological polar surface area (TPSA) is 26.3 Å². The second-order valence-corrected chi connectivity index (χ2v) is 5.20. The molecule has 0 aliphatic carbocycles. The number of esters is 1. The van der Waals surface area contributed by atoms with Gasteiger partial charge < -0.3 is 4.74 Å². The highest BCUT2D eigenvalue weighted by Gasteiger charge is 2.02. The van der Waals surface area contributed by atoms with Crippen LogP contribution in [0.15, 0.2) is 12.2 Å². The lowest BCUT2D eigenvalue weighted by Gasteiger charge is -2.04. The lowest BCUT2D eigenvalue weighted by molar-refractivity contribution is -0.143. The SMILES string of the molecule is O=C1CCCCC=CCCCCCCCCCO1. The van der Waals surface area contributed by atoms with Gasteiger partial charge in [0.05, 0.1) is 6.61 Å². The summed E-state index contributed by atoms with van der Waals surface area (Å²) >= 11 is 0. The van der Waals surface area contributed by atoms with Crippen LogP contribution in [0.1, 0.15) is 77.0 Å². The van der Waals surface area contributed by atoms with Crippen molar-refractivity contribution in [1.82, 2.24) is 0 Å². The number of ether oxygens (including phenoxy) is 1. The Morgan fingerprint density at radius 2 is 1.28 bits per heavy atom. The van der Waals surface area contributed by atoms with Gasteiger partial charge in [0, 0.05) is 6.42 Å². The third-order valence-corrected chi connectivity index (χ3v) is 3.45. The first-order chi connectivity index (χ1) is 8.89. The zero-order valence-electron chi connectivity index (χ0n) is 11.7. The monoisotopic (exact) mass is 252 g/mol. The van der Waals surface area contributed by atoms with E-state index < -0.39 is 0 Å². The molecule has 1 aliphatic heterocycles. The molecule has 0 unspecified atom stereocenters. The van der Waals surface area contributed by atoms with Crippen molar-refractivity contribution in [1.29, 1.82) is 0 Å². The minimum absolute atomic E-state index is 0.0108. The molecule has 0 aromatic rings. The molecule has 2 heteroatoms. The van der Waals surface area contributed by atoms with Gasteiger partial charge in [-0.25, -0.2) is 0 Å². The number of hydrogen-bond acceptors (Lipinski definition) is 2. The number of cyclic esters (lactones) is 1. The van der Waals surface area contributed by atoms with Crippen molar-refractivity contribution in [2.75, 3.05) is 6.61 Å². The van der Waals surface area contributed by atoms with Gasteiger partial charge in [0.15, 0.2) is 0 Å². The lowest BCUT2D eigenvalue weighted by atomic mass is 10.1. The molecule has 0 bridgehead atoms. The average Bonchev–Trinajstić information content (AvgIpc) is 2.37. The molecule has 0 spiro atoms. The maximum Gasteiger partial charge on any atom is 0.305 e. The number of rotatable bonds is 0. The predicted octanol–water partition coefficient (Wildman–Crippen LogP) is 4.78. The summed E-state index contributed by atoms with van der Waals surface area (Å²) < 4.78 is 5.21. The molecule has 104 valence electrons. The summed E-state index contributed by atoms with van der Waals surface area (Å²) in [7, 11) is 0. The Balaban J connectivity index is 2.17. The van der Waals surface area contributed by atoms with Crippen LogP contribution in [0.25, 0.3) is 0 Å². The van der Waals surface area contributed by atoms with Crippen molar-refractivity contribution in [2.24, 2.45) is 0 Å². The van der Waals surface area contributed by atoms with Crippen molar-refractivity contribution >= 4 is 5.97 Å². The Morgan fingerprint density at radius 3 is 2.00 bits per heavy atom. The van der Waals surface area contributed by atoms with Gasteiger partial charge in [-0.3, -0.25) is 4.79 Å². The highest BCUT2D eigenvalue weighted by atomic mass is 16.5. The quantitative estimate of drug-likeness (QED) is 0.458. The Morgan fingerprint density at radius 1 is 0.722 bits per heavy atom. The minimum atomic E-state index is -0.0108. The van der Waals surface area contributed by atoms with Crippen LogP contribution in [0.2, 0.25) is 0 Å². The maximum absolute atomic E-state index is 11.4. The Labute approximate surface area is 112 Å². The van der Waals surface area contributed by atoms with Gasteiger partial charge in [-0.15, -0.1) is 0 Å². The van der Waals surface area contributed by atoms with E-state index in [-0.39, 0.29) is 5.97 Å². The standard InChI is InChI=1S/C16H28O2/c17-16-14-12-10-8-6-4-2-1-3-5-7-9-11-13-15-18-16/h4,6H,1-3,5,7-15H2. The molecule has 0 saturated carbocycles. The van der Waals surface area contributed by atoms with Crippen LogP contribution in [0.3, 0.4) is 0 Å². The molecule has 18 heavy (non-hydrogen) atoms. The first kappa shape index (κ1) is 15.3. The Kier molecular flexibility index (Phi) is 9.59. The zero-order valence-corrected chi connectivity index (χ0v) is 11.7. The van der Waals surface area contributed by atoms with Gasteiger partial charge in [0.1, 0.15) is 0 Å². The number of carbonyl (C=O) groups is 1. The van der Waals surface area contributed by atoms with Crippen LogP contribution in [0.5, 0.6) is 0 Å². The van der Waals surface area contributed by atoms with Crippen LogP contribution >= 0.6 is 0 Å². The van der Waals surface area contributed by atoms with Crippen LogP contribution in [-0.4, -0.2) is 12.6 Å². The molecule has 1 aliphatic rings. The molecule has 0 saturated heterocycles. The van der Waals surface area contributed by atoms with E-state index in [4.69, 9.17) is 4.74 Å². The van der Waals surface area contributed by atoms with Crippen LogP contribution in [0.4, 0.5) is 0 Å². The Bertz CT molecular complexity index is 233. The second-order valence-electron chi connectivity index (χ2n) is 5.20. The van der Waals surface area contributed by atoms with E-state index in [2.05, 4.69) is 12.2 Å². The predicted molar refractivity (Wildman–Crippen MR) is 75.5 cm³/mol. The van der Waals surface area contributed by atoms with Crippen molar-refractivity contribution in [3.63, 3.8) is 0 Å². The Hall–Kier alpha value is -0.790. The third-order valence-electron chi connectivity index (χ3n) is 3.45. The first-order valence-corrected chi connectivity index (χ1v) is 7.70. The number of carbonyl (C=O) groups excluding carboxylic acids is 1. The molecular formula is C16H28O2. The largest absolute Gasteiger partial charge is 0.466 e. The fourth-order valence-corrected chi connectivity index (χ4v) is 2.27. The molecular weight excluding hydrogens is 224 g/mol. The molecule has 0 N–H and O–H groups in total. The van der Waals surface area contributed by atoms with E-state index in [0.29, 0.717) is 13.0 Å². The molecule has 0 radical (unpaired) electrons. The maximum atomic E-state index is 11.4. The second kappa shape index (κ2) is 11.3. The molecule has 0 atom stereocenters. The van der Waals surface area contributed by atoms with E-state index in [1.165, 1.54) is 44.9 Å². The summed E-state index contributed by atoms with van der Waals surface area (Å²) in [5.74, 6) is -0.0108. The third kappa shape index (κ3) is 9.26. The first-order valence-electron chi connectivity index (χ1n) is 7.70. The van der Waals surface area contributed by atoms with Gasteiger partial charge >= 0.3 is 5.97 Å². The molecule has 0 amide bonds. The van der Waals surface area contributed by atoms with E-state index in [9.17, 15) is 4.79 Å². The summed E-state index contributed by atoms with van der Waals surface area (Å²) in [5.41, 5.74) is 0. The minimum Gasteiger partial charge on any atom is -0.466 e. The van der Waals surface area contributed by atoms with Crippen LogP contribution in [-0.2, 0) is 9.53 Å². The molecule has 0 aromatic heterocycles. The lowest BCUT2D eigenvalue weighted by Crippen LogP contribution is -2.05. The molecule has 0 aromatic carbocycles. The van der Waals surface area contributed by atoms with Crippen LogP contribution < -0.4 is 0 Å². The number of hydrogen-bond donors (Lipinski definition) is 0. The van der Waals surface area contributed by atoms with Gasteiger partial charge in [-0.05, 0) is 38.5 Å². The fourth-order valence-electron chi connectivity index (χ4n) is 2.27. The summed E-state index contributed by atoms with van der Waals surface area (Å²) in [5, 5.41) is 0. The van der Waals surface area contributed by atoms with Crippen molar-refractivity contribution in [2.45, 2.75) is 77.0 Å². The summed E-state index contributed by atoms with van der Waals surface area (Å²) in [6.45, 7) is 0.624. The highest BCUT2D eigenvalue weighted by molar-refractivity contribution is 5.69. The molecule has 0 fully saturated rings. The van der Waals surface area contributed by atoms with Crippen molar-refractivity contribution in [3.05, 3.63) is 12.2 Å². The van der Waals surface area contributed by atoms with Gasteiger partial charge in [-0.2, -0.15) is 0 Å². The summed E-state index contributed by atoms with van der Waals surface area (Å²) in [4.78, 5) is 11.4. The van der Waals surface area contributed by atoms with Gasteiger partial charge in [0.2, 0.25) is 0 Å². The van der Waals surface area contributed by atoms with Crippen molar-refractivity contribution < 1.29 is 9.53 Å². The smallest absolute Gasteiger partial charge is 0.305 e. The zero-order chi connectivity index (χ0) is 12.9. The van der Waals surface area contributed by atoms with E-state index in [1.54, 1.807) is 0 Å². The molecule has 1 heterocycles. The van der Waals surface area contributed by atoms with Crippen LogP contribution in [0, 0.1) is 0 Å². The summed E-state index contributed by atoms with van der Waals surface area (Å²) in [6, 6.07) is 0. The normalized spacial score (nSPS) is 22.1. The number of allylic oxidation sites excluding steroid dienone is 2. The van der Waals surface area contributed by atoms with E-state index in [1.807, 2.05) is 0 Å². The van der Waals surface area contributed by atoms with Crippen molar-refractivity contribution in [3.8, 4) is 0 Å². The fraction of sp³-hybridized carbons (Fsp3) is 0.812. The van der Waals surface area contributed by atoms with Gasteiger partial charge in [0.25, 0.3) is 0 Å². The molecule has 2 nitrogen and oxygen atoms in total. The average molecular weight is 252 g/mol.